The highest BCUT2D eigenvalue weighted by Gasteiger charge is 2.48. The molecule has 2 aliphatic carbocycles. The minimum Gasteiger partial charge on any atom is -0.486 e. The van der Waals surface area contributed by atoms with E-state index < -0.39 is 0 Å². The molecule has 1 fully saturated rings. The Morgan fingerprint density at radius 1 is 1.08 bits per heavy atom. The second-order valence-electron chi connectivity index (χ2n) is 9.62. The number of hydrogen-bond acceptors (Lipinski definition) is 6. The molecule has 3 aromatic carbocycles. The first kappa shape index (κ1) is 24.0. The summed E-state index contributed by atoms with van der Waals surface area (Å²) in [7, 11) is 0. The van der Waals surface area contributed by atoms with Crippen LogP contribution in [0.2, 0.25) is 0 Å². The first-order valence-electron chi connectivity index (χ1n) is 11.8. The molecule has 0 N–H and O–H groups in total. The van der Waals surface area contributed by atoms with E-state index in [1.54, 1.807) is 0 Å². The fourth-order valence-electron chi connectivity index (χ4n) is 6.45. The van der Waals surface area contributed by atoms with Crippen molar-refractivity contribution in [1.82, 2.24) is 0 Å². The Labute approximate surface area is 212 Å². The van der Waals surface area contributed by atoms with Crippen molar-refractivity contribution in [3.8, 4) is 16.9 Å². The summed E-state index contributed by atoms with van der Waals surface area (Å²) in [4.78, 5) is 18.8. The zero-order valence-electron chi connectivity index (χ0n) is 20.1. The average molecular weight is 500 g/mol. The molecule has 10 heteroatoms. The second-order valence-corrected chi connectivity index (χ2v) is 10.5. The molecule has 182 valence electrons. The SMILES string of the molecule is CSc1cc2c(N=O)cc3c(c2cc1OCN=[N+]=[N-])-c1ccccc1C31CC(C)CC(CN=[N+]=[N-])C1. The fraction of sp³-hybridized carbons (Fsp3) is 0.385. The van der Waals surface area contributed by atoms with E-state index in [1.807, 2.05) is 30.5 Å². The van der Waals surface area contributed by atoms with E-state index in [1.165, 1.54) is 17.3 Å². The van der Waals surface area contributed by atoms with Gasteiger partial charge in [-0.3, -0.25) is 0 Å². The van der Waals surface area contributed by atoms with Gasteiger partial charge in [0.25, 0.3) is 0 Å². The summed E-state index contributed by atoms with van der Waals surface area (Å²) in [5, 5.41) is 12.5. The van der Waals surface area contributed by atoms with Gasteiger partial charge in [0, 0.05) is 32.1 Å². The third kappa shape index (κ3) is 3.84. The lowest BCUT2D eigenvalue weighted by Crippen LogP contribution is -2.36. The molecule has 0 bridgehead atoms. The average Bonchev–Trinajstić information content (AvgIpc) is 3.15. The monoisotopic (exact) mass is 499 g/mol. The van der Waals surface area contributed by atoms with Crippen molar-refractivity contribution < 1.29 is 4.74 Å². The van der Waals surface area contributed by atoms with Gasteiger partial charge in [-0.25, -0.2) is 0 Å². The van der Waals surface area contributed by atoms with Gasteiger partial charge in [-0.2, -0.15) is 0 Å². The molecule has 0 radical (unpaired) electrons. The molecule has 2 aliphatic rings. The predicted molar refractivity (Wildman–Crippen MR) is 143 cm³/mol. The van der Waals surface area contributed by atoms with Crippen molar-refractivity contribution in [3.05, 3.63) is 79.4 Å². The summed E-state index contributed by atoms with van der Waals surface area (Å²) < 4.78 is 5.82. The minimum atomic E-state index is -0.294. The maximum Gasteiger partial charge on any atom is 0.167 e. The molecule has 3 aromatic rings. The summed E-state index contributed by atoms with van der Waals surface area (Å²) in [6.45, 7) is 2.58. The highest BCUT2D eigenvalue weighted by Crippen LogP contribution is 2.60. The third-order valence-electron chi connectivity index (χ3n) is 7.54. The molecule has 0 aromatic heterocycles. The van der Waals surface area contributed by atoms with E-state index in [9.17, 15) is 4.91 Å². The zero-order chi connectivity index (χ0) is 25.3. The topological polar surface area (TPSA) is 136 Å². The Balaban J connectivity index is 1.80. The van der Waals surface area contributed by atoms with Crippen molar-refractivity contribution in [2.24, 2.45) is 27.2 Å². The summed E-state index contributed by atoms with van der Waals surface area (Å²) in [5.41, 5.74) is 22.3. The van der Waals surface area contributed by atoms with E-state index in [2.05, 4.69) is 50.4 Å². The first-order chi connectivity index (χ1) is 17.6. The van der Waals surface area contributed by atoms with Crippen LogP contribution >= 0.6 is 11.8 Å². The molecule has 0 saturated heterocycles. The van der Waals surface area contributed by atoms with Crippen LogP contribution in [0.5, 0.6) is 5.75 Å². The van der Waals surface area contributed by atoms with Gasteiger partial charge < -0.3 is 4.74 Å². The van der Waals surface area contributed by atoms with E-state index in [0.717, 1.165) is 51.6 Å². The number of fused-ring (bicyclic) bond motifs is 7. The Bertz CT molecular complexity index is 1460. The van der Waals surface area contributed by atoms with Crippen molar-refractivity contribution >= 4 is 28.2 Å². The van der Waals surface area contributed by atoms with E-state index in [-0.39, 0.29) is 18.1 Å². The number of benzene rings is 3. The molecule has 0 amide bonds. The molecule has 5 rings (SSSR count). The van der Waals surface area contributed by atoms with E-state index in [0.29, 0.717) is 23.9 Å². The number of nitrogens with zero attached hydrogens (tertiary/aromatic N) is 7. The van der Waals surface area contributed by atoms with Gasteiger partial charge in [0.2, 0.25) is 0 Å². The lowest BCUT2D eigenvalue weighted by Gasteiger charge is -2.43. The molecule has 36 heavy (non-hydrogen) atoms. The third-order valence-corrected chi connectivity index (χ3v) is 8.30. The molecule has 0 aliphatic heterocycles. The van der Waals surface area contributed by atoms with Crippen LogP contribution < -0.4 is 4.74 Å². The Morgan fingerprint density at radius 2 is 1.89 bits per heavy atom. The number of azide groups is 2. The van der Waals surface area contributed by atoms with Gasteiger partial charge in [0.15, 0.2) is 6.73 Å². The number of hydrogen-bond donors (Lipinski definition) is 0. The number of rotatable bonds is 7. The Morgan fingerprint density at radius 3 is 2.64 bits per heavy atom. The van der Waals surface area contributed by atoms with E-state index >= 15 is 0 Å². The first-order valence-corrected chi connectivity index (χ1v) is 13.1. The van der Waals surface area contributed by atoms with Gasteiger partial charge in [0.05, 0.1) is 0 Å². The lowest BCUT2D eigenvalue weighted by atomic mass is 9.61. The quantitative estimate of drug-likeness (QED) is 0.106. The zero-order valence-corrected chi connectivity index (χ0v) is 20.9. The minimum absolute atomic E-state index is 0.123. The van der Waals surface area contributed by atoms with Gasteiger partial charge in [-0.15, -0.1) is 16.7 Å². The fourth-order valence-corrected chi connectivity index (χ4v) is 7.01. The van der Waals surface area contributed by atoms with Crippen molar-refractivity contribution in [1.29, 1.82) is 0 Å². The standard InChI is InChI=1S/C26H25N7O2S/c1-15-7-16(13-29-32-27)12-26(11-15)20-6-4-3-5-17(20)25-19-8-23(35-14-30-33-28)24(36-2)9-18(19)22(31-34)10-21(25)26/h3-6,8-10,15-16H,7,11-14H2,1-2H3. The van der Waals surface area contributed by atoms with Crippen LogP contribution in [-0.2, 0) is 5.41 Å². The Hall–Kier alpha value is -3.71. The van der Waals surface area contributed by atoms with Gasteiger partial charge in [-0.1, -0.05) is 41.4 Å². The summed E-state index contributed by atoms with van der Waals surface area (Å²) in [6, 6.07) is 14.3. The van der Waals surface area contributed by atoms with Crippen molar-refractivity contribution in [2.75, 3.05) is 19.5 Å². The molecule has 0 heterocycles. The van der Waals surface area contributed by atoms with Gasteiger partial charge in [-0.05, 0) is 99.4 Å². The van der Waals surface area contributed by atoms with Crippen LogP contribution in [-0.4, -0.2) is 19.5 Å². The second kappa shape index (κ2) is 9.74. The van der Waals surface area contributed by atoms with Crippen LogP contribution in [0.4, 0.5) is 5.69 Å². The molecule has 1 saturated carbocycles. The lowest BCUT2D eigenvalue weighted by molar-refractivity contribution is 0.206. The largest absolute Gasteiger partial charge is 0.486 e. The molecular weight excluding hydrogens is 474 g/mol. The van der Waals surface area contributed by atoms with Crippen LogP contribution in [0.25, 0.3) is 42.8 Å². The Kier molecular flexibility index (Phi) is 6.49. The van der Waals surface area contributed by atoms with Gasteiger partial charge >= 0.3 is 0 Å². The predicted octanol–water partition coefficient (Wildman–Crippen LogP) is 8.62. The normalized spacial score (nSPS) is 21.8. The van der Waals surface area contributed by atoms with Crippen LogP contribution in [0.1, 0.15) is 37.3 Å². The highest BCUT2D eigenvalue weighted by atomic mass is 32.2. The molecule has 1 spiro atoms. The summed E-state index contributed by atoms with van der Waals surface area (Å²) >= 11 is 1.49. The van der Waals surface area contributed by atoms with E-state index in [4.69, 9.17) is 15.8 Å². The van der Waals surface area contributed by atoms with Crippen molar-refractivity contribution in [2.45, 2.75) is 36.5 Å². The summed E-state index contributed by atoms with van der Waals surface area (Å²) in [5.74, 6) is 1.26. The molecule has 3 atom stereocenters. The maximum absolute atomic E-state index is 12.1. The molecular formula is C26H25N7O2S. The van der Waals surface area contributed by atoms with Crippen LogP contribution in [0.15, 0.2) is 62.8 Å². The smallest absolute Gasteiger partial charge is 0.167 e. The highest BCUT2D eigenvalue weighted by molar-refractivity contribution is 7.98. The number of ether oxygens (including phenoxy) is 1. The van der Waals surface area contributed by atoms with Gasteiger partial charge in [0.1, 0.15) is 11.4 Å². The molecule has 3 unspecified atom stereocenters. The van der Waals surface area contributed by atoms with Crippen molar-refractivity contribution in [3.63, 3.8) is 0 Å². The summed E-state index contributed by atoms with van der Waals surface area (Å²) in [6.07, 6.45) is 4.71. The number of thioether (sulfide) groups is 1. The maximum atomic E-state index is 12.1. The molecule has 9 nitrogen and oxygen atoms in total. The van der Waals surface area contributed by atoms with Crippen LogP contribution in [0.3, 0.4) is 0 Å². The number of nitroso groups, excluding NO2 is 1. The van der Waals surface area contributed by atoms with Crippen LogP contribution in [0, 0.1) is 16.7 Å².